The summed E-state index contributed by atoms with van der Waals surface area (Å²) in [4.78, 5) is 27.9. The minimum absolute atomic E-state index is 0.0663. The maximum absolute atomic E-state index is 14.7. The van der Waals surface area contributed by atoms with Crippen LogP contribution >= 0.6 is 11.5 Å². The van der Waals surface area contributed by atoms with E-state index in [0.29, 0.717) is 6.42 Å². The first-order valence-corrected chi connectivity index (χ1v) is 10.5. The summed E-state index contributed by atoms with van der Waals surface area (Å²) < 4.78 is 18.5. The maximum atomic E-state index is 14.7. The third kappa shape index (κ3) is 4.38. The first-order valence-electron chi connectivity index (χ1n) is 9.67. The Kier molecular flexibility index (Phi) is 6.72. The fourth-order valence-electron chi connectivity index (χ4n) is 3.62. The molecule has 8 heteroatoms. The second kappa shape index (κ2) is 9.23. The van der Waals surface area contributed by atoms with Gasteiger partial charge in [0.25, 0.3) is 5.91 Å². The van der Waals surface area contributed by atoms with Crippen molar-refractivity contribution in [2.24, 2.45) is 0 Å². The molecule has 1 saturated carbocycles. The molecular formula is C20H25FN4O2S. The molecule has 2 aromatic rings. The lowest BCUT2D eigenvalue weighted by atomic mass is 9.99. The Bertz CT molecular complexity index is 808. The van der Waals surface area contributed by atoms with Crippen LogP contribution in [0.25, 0.3) is 0 Å². The Morgan fingerprint density at radius 3 is 2.64 bits per heavy atom. The van der Waals surface area contributed by atoms with E-state index in [1.165, 1.54) is 11.0 Å². The lowest BCUT2D eigenvalue weighted by Gasteiger charge is -2.36. The largest absolute Gasteiger partial charge is 0.351 e. The molecular weight excluding hydrogens is 379 g/mol. The van der Waals surface area contributed by atoms with Gasteiger partial charge < -0.3 is 10.2 Å². The number of hydrogen-bond donors (Lipinski definition) is 1. The summed E-state index contributed by atoms with van der Waals surface area (Å²) in [6, 6.07) is 4.85. The Hall–Kier alpha value is -2.35. The number of carbonyl (C=O) groups excluding carboxylic acids is 2. The normalized spacial score (nSPS) is 16.5. The van der Waals surface area contributed by atoms with E-state index in [1.807, 2.05) is 13.8 Å². The van der Waals surface area contributed by atoms with Gasteiger partial charge in [-0.3, -0.25) is 9.59 Å². The third-order valence-corrected chi connectivity index (χ3v) is 5.81. The average molecular weight is 405 g/mol. The van der Waals surface area contributed by atoms with E-state index in [4.69, 9.17) is 0 Å². The summed E-state index contributed by atoms with van der Waals surface area (Å²) in [6.07, 6.45) is 4.55. The number of benzene rings is 1. The summed E-state index contributed by atoms with van der Waals surface area (Å²) in [5.74, 6) is -1.28. The zero-order valence-electron chi connectivity index (χ0n) is 16.1. The van der Waals surface area contributed by atoms with E-state index in [9.17, 15) is 14.0 Å². The van der Waals surface area contributed by atoms with Crippen LogP contribution in [0, 0.1) is 5.82 Å². The summed E-state index contributed by atoms with van der Waals surface area (Å²) in [5.41, 5.74) is 0.357. The van der Waals surface area contributed by atoms with Crippen molar-refractivity contribution in [3.63, 3.8) is 0 Å². The lowest BCUT2D eigenvalue weighted by Crippen LogP contribution is -2.49. The zero-order chi connectivity index (χ0) is 20.1. The lowest BCUT2D eigenvalue weighted by molar-refractivity contribution is -0.127. The molecule has 1 heterocycles. The van der Waals surface area contributed by atoms with Crippen molar-refractivity contribution in [3.05, 3.63) is 46.7 Å². The number of carbonyl (C=O) groups is 2. The third-order valence-electron chi connectivity index (χ3n) is 5.31. The van der Waals surface area contributed by atoms with Gasteiger partial charge in [-0.05, 0) is 43.8 Å². The minimum Gasteiger partial charge on any atom is -0.351 e. The summed E-state index contributed by atoms with van der Waals surface area (Å²) in [6.45, 7) is 3.78. The highest BCUT2D eigenvalue weighted by molar-refractivity contribution is 7.03. The molecule has 1 aliphatic carbocycles. The average Bonchev–Trinajstić information content (AvgIpc) is 3.40. The predicted octanol–water partition coefficient (Wildman–Crippen LogP) is 3.72. The highest BCUT2D eigenvalue weighted by Crippen LogP contribution is 2.29. The molecule has 0 saturated heterocycles. The van der Waals surface area contributed by atoms with Crippen LogP contribution < -0.4 is 5.32 Å². The molecule has 6 nitrogen and oxygen atoms in total. The number of hydrogen-bond acceptors (Lipinski definition) is 5. The van der Waals surface area contributed by atoms with Crippen molar-refractivity contribution in [2.75, 3.05) is 0 Å². The second-order valence-electron chi connectivity index (χ2n) is 7.17. The smallest absolute Gasteiger partial charge is 0.276 e. The molecule has 3 rings (SSSR count). The van der Waals surface area contributed by atoms with Gasteiger partial charge in [-0.2, -0.15) is 0 Å². The molecule has 0 radical (unpaired) electrons. The van der Waals surface area contributed by atoms with Crippen molar-refractivity contribution >= 4 is 23.3 Å². The number of nitrogens with zero attached hydrogens (tertiary/aromatic N) is 3. The molecule has 0 unspecified atom stereocenters. The topological polar surface area (TPSA) is 75.2 Å². The first kappa shape index (κ1) is 20.4. The van der Waals surface area contributed by atoms with E-state index in [1.54, 1.807) is 23.6 Å². The van der Waals surface area contributed by atoms with Crippen LogP contribution in [0.5, 0.6) is 0 Å². The van der Waals surface area contributed by atoms with Crippen LogP contribution in [0.4, 0.5) is 4.39 Å². The number of halogens is 1. The van der Waals surface area contributed by atoms with Gasteiger partial charge in [-0.1, -0.05) is 42.5 Å². The Morgan fingerprint density at radius 1 is 1.32 bits per heavy atom. The number of nitrogens with one attached hydrogen (secondary N) is 1. The van der Waals surface area contributed by atoms with E-state index in [-0.39, 0.29) is 29.2 Å². The van der Waals surface area contributed by atoms with E-state index < -0.39 is 17.8 Å². The van der Waals surface area contributed by atoms with Crippen LogP contribution in [0.15, 0.2) is 29.6 Å². The van der Waals surface area contributed by atoms with Crippen LogP contribution in [0.1, 0.15) is 68.0 Å². The predicted molar refractivity (Wildman–Crippen MR) is 105 cm³/mol. The summed E-state index contributed by atoms with van der Waals surface area (Å²) in [5, 5.41) is 8.44. The van der Waals surface area contributed by atoms with Gasteiger partial charge in [0, 0.05) is 23.0 Å². The molecule has 1 aliphatic rings. The van der Waals surface area contributed by atoms with E-state index >= 15 is 0 Å². The highest BCUT2D eigenvalue weighted by atomic mass is 32.1. The Labute approximate surface area is 168 Å². The quantitative estimate of drug-likeness (QED) is 0.763. The van der Waals surface area contributed by atoms with Gasteiger partial charge in [-0.25, -0.2) is 4.39 Å². The fourth-order valence-corrected chi connectivity index (χ4v) is 4.05. The number of aromatic nitrogens is 2. The molecule has 1 fully saturated rings. The summed E-state index contributed by atoms with van der Waals surface area (Å²) >= 11 is 1.07. The van der Waals surface area contributed by atoms with Crippen LogP contribution in [-0.4, -0.2) is 38.4 Å². The monoisotopic (exact) mass is 404 g/mol. The number of rotatable bonds is 7. The van der Waals surface area contributed by atoms with E-state index in [0.717, 1.165) is 37.2 Å². The van der Waals surface area contributed by atoms with Crippen molar-refractivity contribution in [1.82, 2.24) is 19.8 Å². The van der Waals surface area contributed by atoms with Gasteiger partial charge in [0.05, 0.1) is 0 Å². The number of amides is 2. The van der Waals surface area contributed by atoms with Crippen molar-refractivity contribution in [1.29, 1.82) is 0 Å². The minimum atomic E-state index is -1.06. The highest BCUT2D eigenvalue weighted by Gasteiger charge is 2.38. The van der Waals surface area contributed by atoms with Crippen LogP contribution in [0.2, 0.25) is 0 Å². The molecule has 1 N–H and O–H groups in total. The maximum Gasteiger partial charge on any atom is 0.276 e. The van der Waals surface area contributed by atoms with Crippen molar-refractivity contribution in [3.8, 4) is 0 Å². The Morgan fingerprint density at radius 2 is 2.04 bits per heavy atom. The van der Waals surface area contributed by atoms with Gasteiger partial charge >= 0.3 is 0 Å². The van der Waals surface area contributed by atoms with Gasteiger partial charge in [0.15, 0.2) is 5.69 Å². The van der Waals surface area contributed by atoms with Gasteiger partial charge in [-0.15, -0.1) is 5.10 Å². The van der Waals surface area contributed by atoms with Gasteiger partial charge in [0.2, 0.25) is 5.91 Å². The first-order chi connectivity index (χ1) is 13.5. The van der Waals surface area contributed by atoms with Gasteiger partial charge in [0.1, 0.15) is 11.9 Å². The molecule has 150 valence electrons. The molecule has 0 bridgehead atoms. The van der Waals surface area contributed by atoms with E-state index in [2.05, 4.69) is 14.9 Å². The second-order valence-corrected chi connectivity index (χ2v) is 7.78. The van der Waals surface area contributed by atoms with Crippen LogP contribution in [0.3, 0.4) is 0 Å². The Balaban J connectivity index is 2.02. The summed E-state index contributed by atoms with van der Waals surface area (Å²) in [7, 11) is 0. The van der Waals surface area contributed by atoms with Crippen molar-refractivity contribution < 1.29 is 14.0 Å². The van der Waals surface area contributed by atoms with Crippen molar-refractivity contribution in [2.45, 2.75) is 64.1 Å². The molecule has 0 spiro atoms. The molecule has 28 heavy (non-hydrogen) atoms. The molecule has 2 atom stereocenters. The van der Waals surface area contributed by atoms with Crippen LogP contribution in [-0.2, 0) is 4.79 Å². The molecule has 2 amide bonds. The molecule has 0 aliphatic heterocycles. The molecule has 1 aromatic carbocycles. The SMILES string of the molecule is CC[C@@H](C)N(C(=O)c1csnn1)[C@@H](C(=O)NC1CCCC1)c1ccccc1F. The standard InChI is InChI=1S/C20H25FN4O2S/c1-3-13(2)25(20(27)17-12-28-24-23-17)18(15-10-6-7-11-16(15)21)19(26)22-14-8-4-5-9-14/h6-7,10-14,18H,3-5,8-9H2,1-2H3,(H,22,26)/t13-,18-/m1/s1. The zero-order valence-corrected chi connectivity index (χ0v) is 16.9. The fraction of sp³-hybridized carbons (Fsp3) is 0.500. The molecule has 1 aromatic heterocycles.